The van der Waals surface area contributed by atoms with Crippen molar-refractivity contribution in [2.45, 2.75) is 18.9 Å². The molecule has 3 heteroatoms. The van der Waals surface area contributed by atoms with Gasteiger partial charge in [-0.2, -0.15) is 0 Å². The zero-order chi connectivity index (χ0) is 9.54. The summed E-state index contributed by atoms with van der Waals surface area (Å²) in [5.41, 5.74) is 1.39. The Balaban J connectivity index is 2.15. The van der Waals surface area contributed by atoms with Crippen molar-refractivity contribution in [2.75, 3.05) is 13.1 Å². The molecular weight excluding hydrogens is 180 g/mol. The number of rotatable bonds is 0. The molecule has 1 N–H and O–H groups in total. The Kier molecular flexibility index (Phi) is 1.74. The smallest absolute Gasteiger partial charge is 0.250 e. The number of nitrogens with zero attached hydrogens (tertiary/aromatic N) is 1. The van der Waals surface area contributed by atoms with Gasteiger partial charge in [-0.25, -0.2) is 0 Å². The molecule has 3 heterocycles. The molecule has 1 aromatic heterocycles. The van der Waals surface area contributed by atoms with Crippen molar-refractivity contribution in [1.82, 2.24) is 9.88 Å². The zero-order valence-corrected chi connectivity index (χ0v) is 8.07. The molecule has 0 aromatic carbocycles. The van der Waals surface area contributed by atoms with Crippen LogP contribution in [0.25, 0.3) is 0 Å². The third-order valence-electron chi connectivity index (χ3n) is 3.38. The van der Waals surface area contributed by atoms with Crippen LogP contribution in [0, 0.1) is 5.92 Å². The Hall–Kier alpha value is -1.09. The van der Waals surface area contributed by atoms with Crippen LogP contribution in [-0.4, -0.2) is 17.7 Å². The van der Waals surface area contributed by atoms with Gasteiger partial charge in [0, 0.05) is 30.8 Å². The summed E-state index contributed by atoms with van der Waals surface area (Å²) in [5.74, 6) is 1.21. The van der Waals surface area contributed by atoms with Gasteiger partial charge in [0.25, 0.3) is 5.56 Å². The van der Waals surface area contributed by atoms with Crippen molar-refractivity contribution in [1.29, 1.82) is 0 Å². The fraction of sp³-hybridized carbons (Fsp3) is 0.545. The normalized spacial score (nSPS) is 29.7. The van der Waals surface area contributed by atoms with Crippen molar-refractivity contribution in [3.8, 4) is 0 Å². The lowest BCUT2D eigenvalue weighted by molar-refractivity contribution is 0.257. The molecule has 2 aliphatic rings. The van der Waals surface area contributed by atoms with Crippen LogP contribution in [0.1, 0.15) is 18.0 Å². The quantitative estimate of drug-likeness (QED) is 0.654. The average Bonchev–Trinajstić information content (AvgIpc) is 2.20. The first-order chi connectivity index (χ1) is 6.84. The predicted octanol–water partition coefficient (Wildman–Crippen LogP) is 0.555. The highest BCUT2D eigenvalue weighted by Crippen LogP contribution is 2.31. The molecule has 0 amide bonds. The summed E-state index contributed by atoms with van der Waals surface area (Å²) in [5, 5.41) is 3.43. The van der Waals surface area contributed by atoms with Crippen LogP contribution in [0.2, 0.25) is 0 Å². The number of hydrogen-bond donors (Lipinski definition) is 1. The van der Waals surface area contributed by atoms with Crippen LogP contribution in [-0.2, 0) is 6.54 Å². The topological polar surface area (TPSA) is 34.0 Å². The maximum absolute atomic E-state index is 11.6. The summed E-state index contributed by atoms with van der Waals surface area (Å²) in [7, 11) is 0. The first kappa shape index (κ1) is 8.24. The molecule has 74 valence electrons. The highest BCUT2D eigenvalue weighted by atomic mass is 16.2. The molecule has 2 atom stereocenters. The lowest BCUT2D eigenvalue weighted by atomic mass is 9.92. The van der Waals surface area contributed by atoms with Crippen LogP contribution in [0.3, 0.4) is 0 Å². The monoisotopic (exact) mass is 194 g/mol. The molecule has 3 nitrogen and oxygen atoms in total. The van der Waals surface area contributed by atoms with Crippen molar-refractivity contribution >= 4 is 0 Å². The van der Waals surface area contributed by atoms with Crippen molar-refractivity contribution in [2.24, 2.45) is 5.92 Å². The van der Waals surface area contributed by atoms with E-state index in [1.54, 1.807) is 6.07 Å². The number of hydrogen-bond acceptors (Lipinski definition) is 2. The van der Waals surface area contributed by atoms with Crippen LogP contribution in [0.5, 0.6) is 0 Å². The molecule has 2 aliphatic heterocycles. The maximum Gasteiger partial charge on any atom is 0.250 e. The van der Waals surface area contributed by atoms with Gasteiger partial charge < -0.3 is 9.88 Å². The zero-order valence-electron chi connectivity index (χ0n) is 8.07. The molecular formula is C11H14N2O. The molecule has 0 spiro atoms. The summed E-state index contributed by atoms with van der Waals surface area (Å²) < 4.78 is 1.96. The van der Waals surface area contributed by atoms with Gasteiger partial charge >= 0.3 is 0 Å². The lowest BCUT2D eigenvalue weighted by Crippen LogP contribution is -2.44. The minimum atomic E-state index is 0.166. The number of nitrogens with one attached hydrogen (secondary N) is 1. The van der Waals surface area contributed by atoms with Crippen LogP contribution >= 0.6 is 0 Å². The van der Waals surface area contributed by atoms with Gasteiger partial charge in [-0.05, 0) is 24.9 Å². The van der Waals surface area contributed by atoms with Crippen molar-refractivity contribution < 1.29 is 0 Å². The first-order valence-corrected chi connectivity index (χ1v) is 5.25. The van der Waals surface area contributed by atoms with Gasteiger partial charge in [-0.1, -0.05) is 6.07 Å². The van der Waals surface area contributed by atoms with Gasteiger partial charge in [-0.15, -0.1) is 0 Å². The largest absolute Gasteiger partial charge is 0.316 e. The number of piperidine rings is 1. The van der Waals surface area contributed by atoms with Crippen molar-refractivity contribution in [3.05, 3.63) is 34.2 Å². The number of aromatic nitrogens is 1. The van der Waals surface area contributed by atoms with E-state index in [2.05, 4.69) is 11.4 Å². The van der Waals surface area contributed by atoms with E-state index in [-0.39, 0.29) is 5.56 Å². The highest BCUT2D eigenvalue weighted by Gasteiger charge is 2.30. The van der Waals surface area contributed by atoms with E-state index in [0.717, 1.165) is 19.6 Å². The van der Waals surface area contributed by atoms with E-state index in [4.69, 9.17) is 0 Å². The van der Waals surface area contributed by atoms with Gasteiger partial charge in [-0.3, -0.25) is 4.79 Å². The molecule has 1 aromatic rings. The van der Waals surface area contributed by atoms with Gasteiger partial charge in [0.15, 0.2) is 0 Å². The summed E-state index contributed by atoms with van der Waals surface area (Å²) in [4.78, 5) is 11.6. The molecule has 3 rings (SSSR count). The Labute approximate surface area is 82.8 Å². The molecule has 0 radical (unpaired) electrons. The minimum absolute atomic E-state index is 0.166. The van der Waals surface area contributed by atoms with Crippen LogP contribution < -0.4 is 10.9 Å². The number of fused-ring (bicyclic) bond motifs is 4. The lowest BCUT2D eigenvalue weighted by Gasteiger charge is -2.37. The Morgan fingerprint density at radius 1 is 1.36 bits per heavy atom. The van der Waals surface area contributed by atoms with Crippen molar-refractivity contribution in [3.63, 3.8) is 0 Å². The third kappa shape index (κ3) is 1.12. The van der Waals surface area contributed by atoms with E-state index in [9.17, 15) is 4.79 Å². The van der Waals surface area contributed by atoms with E-state index >= 15 is 0 Å². The van der Waals surface area contributed by atoms with E-state index in [1.807, 2.05) is 10.6 Å². The minimum Gasteiger partial charge on any atom is -0.316 e. The van der Waals surface area contributed by atoms with Gasteiger partial charge in [0.2, 0.25) is 0 Å². The first-order valence-electron chi connectivity index (χ1n) is 5.25. The second-order valence-electron chi connectivity index (χ2n) is 4.36. The summed E-state index contributed by atoms with van der Waals surface area (Å²) in [6.45, 7) is 3.00. The SMILES string of the molecule is O=[13c]1[13cH]c[13cH][13c]2n1CC1CNCC2C1. The molecule has 1 fully saturated rings. The van der Waals surface area contributed by atoms with Crippen LogP contribution in [0.4, 0.5) is 0 Å². The molecule has 14 heavy (non-hydrogen) atoms. The third-order valence-corrected chi connectivity index (χ3v) is 3.38. The highest BCUT2D eigenvalue weighted by molar-refractivity contribution is 5.16. The Morgan fingerprint density at radius 2 is 2.29 bits per heavy atom. The Morgan fingerprint density at radius 3 is 3.21 bits per heavy atom. The Bertz CT molecular complexity index is 410. The molecule has 0 saturated carbocycles. The van der Waals surface area contributed by atoms with E-state index in [1.165, 1.54) is 12.1 Å². The van der Waals surface area contributed by atoms with Gasteiger partial charge in [0.05, 0.1) is 0 Å². The molecule has 2 unspecified atom stereocenters. The predicted molar refractivity (Wildman–Crippen MR) is 54.4 cm³/mol. The summed E-state index contributed by atoms with van der Waals surface area (Å²) in [6.07, 6.45) is 1.25. The molecule has 2 bridgehead atoms. The molecule has 1 saturated heterocycles. The maximum atomic E-state index is 11.6. The summed E-state index contributed by atoms with van der Waals surface area (Å²) >= 11 is 0. The second kappa shape index (κ2) is 2.95. The summed E-state index contributed by atoms with van der Waals surface area (Å²) in [6, 6.07) is 5.64. The number of pyridine rings is 1. The van der Waals surface area contributed by atoms with Crippen LogP contribution in [0.15, 0.2) is 23.0 Å². The fourth-order valence-corrected chi connectivity index (χ4v) is 2.74. The second-order valence-corrected chi connectivity index (χ2v) is 4.36. The molecule has 0 aliphatic carbocycles. The fourth-order valence-electron chi connectivity index (χ4n) is 2.74. The average molecular weight is 194 g/mol. The van der Waals surface area contributed by atoms with Gasteiger partial charge in [0.1, 0.15) is 0 Å². The van der Waals surface area contributed by atoms with E-state index < -0.39 is 0 Å². The van der Waals surface area contributed by atoms with E-state index in [0.29, 0.717) is 11.8 Å². The standard InChI is InChI=1S/C11H14N2O/c14-11-3-1-2-10-9-4-8(5-12-6-9)7-13(10)11/h1-3,8-9,12H,4-7H2/i2+1,3+1,10+1,11+1.